The second-order valence-electron chi connectivity index (χ2n) is 6.13. The Labute approximate surface area is 147 Å². The number of carbonyl (C=O) groups excluding carboxylic acids is 1. The molecule has 0 fully saturated rings. The minimum absolute atomic E-state index is 0.370. The van der Waals surface area contributed by atoms with Gasteiger partial charge < -0.3 is 10.0 Å². The molecule has 1 aromatic heterocycles. The molecular formula is C20H21N3O2. The van der Waals surface area contributed by atoms with Crippen LogP contribution in [0.25, 0.3) is 0 Å². The van der Waals surface area contributed by atoms with Crippen LogP contribution in [0.2, 0.25) is 0 Å². The molecule has 1 amide bonds. The number of aryl methyl sites for hydroxylation is 1. The number of nitrogens with zero attached hydrogens (tertiary/aromatic N) is 3. The number of hydrogen-bond acceptors (Lipinski definition) is 3. The zero-order valence-electron chi connectivity index (χ0n) is 14.3. The van der Waals surface area contributed by atoms with E-state index in [0.717, 1.165) is 5.56 Å². The molecular weight excluding hydrogens is 314 g/mol. The van der Waals surface area contributed by atoms with Gasteiger partial charge in [-0.3, -0.25) is 9.48 Å². The van der Waals surface area contributed by atoms with Crippen LogP contribution in [-0.2, 0) is 24.0 Å². The van der Waals surface area contributed by atoms with Crippen molar-refractivity contribution in [3.05, 3.63) is 89.7 Å². The summed E-state index contributed by atoms with van der Waals surface area (Å²) in [6.45, 7) is 0.370. The van der Waals surface area contributed by atoms with Crippen LogP contribution in [0.1, 0.15) is 16.7 Å². The van der Waals surface area contributed by atoms with Crippen LogP contribution >= 0.6 is 0 Å². The normalized spacial score (nSPS) is 11.3. The van der Waals surface area contributed by atoms with Crippen LogP contribution in [0.5, 0.6) is 0 Å². The summed E-state index contributed by atoms with van der Waals surface area (Å²) in [5, 5.41) is 15.6. The second kappa shape index (κ2) is 6.91. The lowest BCUT2D eigenvalue weighted by Crippen LogP contribution is -2.45. The van der Waals surface area contributed by atoms with Crippen LogP contribution in [0, 0.1) is 0 Å². The molecule has 0 saturated heterocycles. The first-order chi connectivity index (χ1) is 12.0. The molecule has 5 heteroatoms. The number of amides is 1. The molecule has 128 valence electrons. The van der Waals surface area contributed by atoms with Gasteiger partial charge in [0.1, 0.15) is 0 Å². The van der Waals surface area contributed by atoms with E-state index in [2.05, 4.69) is 5.10 Å². The van der Waals surface area contributed by atoms with Crippen molar-refractivity contribution in [2.45, 2.75) is 12.1 Å². The molecule has 0 saturated carbocycles. The van der Waals surface area contributed by atoms with Crippen molar-refractivity contribution in [1.82, 2.24) is 14.7 Å². The topological polar surface area (TPSA) is 58.4 Å². The molecule has 0 atom stereocenters. The summed E-state index contributed by atoms with van der Waals surface area (Å²) in [5.41, 5.74) is 0.259. The zero-order valence-corrected chi connectivity index (χ0v) is 14.3. The third-order valence-electron chi connectivity index (χ3n) is 4.22. The van der Waals surface area contributed by atoms with Gasteiger partial charge in [-0.1, -0.05) is 60.7 Å². The first-order valence-electron chi connectivity index (χ1n) is 8.08. The number of benzene rings is 2. The lowest BCUT2D eigenvalue weighted by atomic mass is 9.85. The highest BCUT2D eigenvalue weighted by atomic mass is 16.3. The molecule has 0 unspecified atom stereocenters. The van der Waals surface area contributed by atoms with Crippen molar-refractivity contribution in [3.8, 4) is 0 Å². The van der Waals surface area contributed by atoms with Gasteiger partial charge in [-0.05, 0) is 11.1 Å². The Morgan fingerprint density at radius 3 is 2.04 bits per heavy atom. The largest absolute Gasteiger partial charge is 0.372 e. The van der Waals surface area contributed by atoms with E-state index in [1.807, 2.05) is 49.6 Å². The Morgan fingerprint density at radius 2 is 1.60 bits per heavy atom. The average Bonchev–Trinajstić information content (AvgIpc) is 3.06. The second-order valence-corrected chi connectivity index (χ2v) is 6.13. The third kappa shape index (κ3) is 3.32. The number of likely N-dealkylation sites (N-methyl/N-ethyl adjacent to an activating group) is 1. The average molecular weight is 335 g/mol. The van der Waals surface area contributed by atoms with Crippen molar-refractivity contribution >= 4 is 5.91 Å². The highest BCUT2D eigenvalue weighted by Gasteiger charge is 2.41. The van der Waals surface area contributed by atoms with Crippen LogP contribution in [-0.4, -0.2) is 32.7 Å². The van der Waals surface area contributed by atoms with Gasteiger partial charge in [-0.15, -0.1) is 0 Å². The number of aromatic nitrogens is 2. The Morgan fingerprint density at radius 1 is 1.08 bits per heavy atom. The molecule has 1 N–H and O–H groups in total. The van der Waals surface area contributed by atoms with E-state index in [0.29, 0.717) is 17.7 Å². The van der Waals surface area contributed by atoms with Crippen LogP contribution in [0.4, 0.5) is 0 Å². The predicted molar refractivity (Wildman–Crippen MR) is 95.6 cm³/mol. The molecule has 0 aliphatic heterocycles. The van der Waals surface area contributed by atoms with E-state index in [1.165, 1.54) is 4.90 Å². The molecule has 3 rings (SSSR count). The minimum Gasteiger partial charge on any atom is -0.372 e. The Bertz CT molecular complexity index is 804. The molecule has 0 aliphatic rings. The molecule has 0 spiro atoms. The summed E-state index contributed by atoms with van der Waals surface area (Å²) in [6, 6.07) is 18.1. The molecule has 25 heavy (non-hydrogen) atoms. The van der Waals surface area contributed by atoms with E-state index in [-0.39, 0.29) is 5.91 Å². The molecule has 3 aromatic rings. The number of rotatable bonds is 5. The highest BCUT2D eigenvalue weighted by Crippen LogP contribution is 2.31. The summed E-state index contributed by atoms with van der Waals surface area (Å²) < 4.78 is 1.69. The van der Waals surface area contributed by atoms with Crippen LogP contribution < -0.4 is 0 Å². The molecule has 2 aromatic carbocycles. The van der Waals surface area contributed by atoms with Gasteiger partial charge in [-0.25, -0.2) is 0 Å². The predicted octanol–water partition coefficient (Wildman–Crippen LogP) is 2.31. The van der Waals surface area contributed by atoms with Gasteiger partial charge in [0.05, 0.1) is 6.20 Å². The Balaban J connectivity index is 1.98. The van der Waals surface area contributed by atoms with Crippen molar-refractivity contribution in [2.75, 3.05) is 7.05 Å². The third-order valence-corrected chi connectivity index (χ3v) is 4.22. The number of carbonyl (C=O) groups is 1. The van der Waals surface area contributed by atoms with Crippen molar-refractivity contribution in [2.24, 2.45) is 7.05 Å². The number of aliphatic hydroxyl groups is 1. The van der Waals surface area contributed by atoms with Gasteiger partial charge in [0.25, 0.3) is 5.91 Å². The lowest BCUT2D eigenvalue weighted by Gasteiger charge is -2.32. The van der Waals surface area contributed by atoms with Crippen molar-refractivity contribution in [3.63, 3.8) is 0 Å². The first-order valence-corrected chi connectivity index (χ1v) is 8.08. The van der Waals surface area contributed by atoms with Gasteiger partial charge in [-0.2, -0.15) is 5.10 Å². The van der Waals surface area contributed by atoms with Gasteiger partial charge in [0.2, 0.25) is 0 Å². The van der Waals surface area contributed by atoms with Crippen molar-refractivity contribution < 1.29 is 9.90 Å². The minimum atomic E-state index is -1.74. The summed E-state index contributed by atoms with van der Waals surface area (Å²) in [7, 11) is 3.52. The van der Waals surface area contributed by atoms with E-state index >= 15 is 0 Å². The van der Waals surface area contributed by atoms with Crippen molar-refractivity contribution in [1.29, 1.82) is 0 Å². The summed E-state index contributed by atoms with van der Waals surface area (Å²) >= 11 is 0. The monoisotopic (exact) mass is 335 g/mol. The molecule has 0 radical (unpaired) electrons. The van der Waals surface area contributed by atoms with E-state index in [9.17, 15) is 9.90 Å². The molecule has 5 nitrogen and oxygen atoms in total. The summed E-state index contributed by atoms with van der Waals surface area (Å²) in [6.07, 6.45) is 3.57. The molecule has 0 bridgehead atoms. The smallest absolute Gasteiger partial charge is 0.264 e. The molecule has 1 heterocycles. The van der Waals surface area contributed by atoms with E-state index in [4.69, 9.17) is 0 Å². The number of hydrogen-bond donors (Lipinski definition) is 1. The summed E-state index contributed by atoms with van der Waals surface area (Å²) in [4.78, 5) is 14.8. The standard InChI is InChI=1S/C20H21N3O2/c1-22(14-16-13-21-23(2)15-16)19(24)20(25,17-9-5-3-6-10-17)18-11-7-4-8-12-18/h3-13,15,25H,14H2,1-2H3. The quantitative estimate of drug-likeness (QED) is 0.778. The SMILES string of the molecule is CN(Cc1cnn(C)c1)C(=O)C(O)(c1ccccc1)c1ccccc1. The van der Waals surface area contributed by atoms with E-state index in [1.54, 1.807) is 42.2 Å². The first kappa shape index (κ1) is 16.9. The van der Waals surface area contributed by atoms with Crippen LogP contribution in [0.15, 0.2) is 73.1 Å². The lowest BCUT2D eigenvalue weighted by molar-refractivity contribution is -0.147. The maximum Gasteiger partial charge on any atom is 0.264 e. The fraction of sp³-hybridized carbons (Fsp3) is 0.200. The van der Waals surface area contributed by atoms with Gasteiger partial charge >= 0.3 is 0 Å². The van der Waals surface area contributed by atoms with Crippen LogP contribution in [0.3, 0.4) is 0 Å². The maximum absolute atomic E-state index is 13.2. The fourth-order valence-electron chi connectivity index (χ4n) is 2.95. The van der Waals surface area contributed by atoms with Gasteiger partial charge in [0, 0.05) is 32.4 Å². The zero-order chi connectivity index (χ0) is 17.9. The van der Waals surface area contributed by atoms with Gasteiger partial charge in [0.15, 0.2) is 5.60 Å². The highest BCUT2D eigenvalue weighted by molar-refractivity contribution is 5.89. The molecule has 0 aliphatic carbocycles. The summed E-state index contributed by atoms with van der Waals surface area (Å²) in [5.74, 6) is -0.381. The Hall–Kier alpha value is -2.92. The van der Waals surface area contributed by atoms with E-state index < -0.39 is 5.60 Å². The maximum atomic E-state index is 13.2. The Kier molecular flexibility index (Phi) is 4.67. The fourth-order valence-corrected chi connectivity index (χ4v) is 2.95.